The highest BCUT2D eigenvalue weighted by atomic mass is 16.3. The van der Waals surface area contributed by atoms with Crippen molar-refractivity contribution < 1.29 is 5.11 Å². The third kappa shape index (κ3) is 3.98. The molecule has 2 aliphatic carbocycles. The van der Waals surface area contributed by atoms with Gasteiger partial charge in [0, 0.05) is 43.8 Å². The quantitative estimate of drug-likeness (QED) is 0.778. The zero-order valence-corrected chi connectivity index (χ0v) is 13.7. The van der Waals surface area contributed by atoms with Gasteiger partial charge in [-0.25, -0.2) is 0 Å². The Morgan fingerprint density at radius 3 is 2.52 bits per heavy atom. The molecule has 0 amide bonds. The van der Waals surface area contributed by atoms with Crippen molar-refractivity contribution in [1.29, 1.82) is 0 Å². The maximum Gasteiger partial charge on any atom is 0.0613 e. The molecule has 0 aromatic heterocycles. The fourth-order valence-electron chi connectivity index (χ4n) is 4.29. The molecule has 1 aliphatic heterocycles. The number of aliphatic hydroxyl groups is 1. The molecule has 2 atom stereocenters. The summed E-state index contributed by atoms with van der Waals surface area (Å²) in [5, 5.41) is 13.7. The SMILES string of the molecule is CCCN1CCN(C2CCCC(CO)(NC3CC3)C2)CC1. The van der Waals surface area contributed by atoms with Gasteiger partial charge in [0.2, 0.25) is 0 Å². The lowest BCUT2D eigenvalue weighted by Gasteiger charge is -2.47. The van der Waals surface area contributed by atoms with Gasteiger partial charge in [-0.3, -0.25) is 4.90 Å². The van der Waals surface area contributed by atoms with Crippen molar-refractivity contribution in [3.8, 4) is 0 Å². The van der Waals surface area contributed by atoms with Crippen LogP contribution in [0.4, 0.5) is 0 Å². The summed E-state index contributed by atoms with van der Waals surface area (Å²) >= 11 is 0. The highest BCUT2D eigenvalue weighted by Gasteiger charge is 2.41. The molecule has 2 saturated carbocycles. The number of nitrogens with one attached hydrogen (secondary N) is 1. The number of aliphatic hydroxyl groups excluding tert-OH is 1. The van der Waals surface area contributed by atoms with Gasteiger partial charge in [-0.1, -0.05) is 6.92 Å². The van der Waals surface area contributed by atoms with Gasteiger partial charge in [-0.15, -0.1) is 0 Å². The molecule has 1 saturated heterocycles. The first kappa shape index (κ1) is 15.7. The van der Waals surface area contributed by atoms with Crippen molar-refractivity contribution in [1.82, 2.24) is 15.1 Å². The van der Waals surface area contributed by atoms with Gasteiger partial charge < -0.3 is 15.3 Å². The van der Waals surface area contributed by atoms with Crippen LogP contribution >= 0.6 is 0 Å². The van der Waals surface area contributed by atoms with Gasteiger partial charge in [0.1, 0.15) is 0 Å². The predicted octanol–water partition coefficient (Wildman–Crippen LogP) is 1.44. The molecule has 2 unspecified atom stereocenters. The fourth-order valence-corrected chi connectivity index (χ4v) is 4.29. The molecule has 3 aliphatic rings. The molecule has 3 rings (SSSR count). The van der Waals surface area contributed by atoms with Crippen molar-refractivity contribution in [2.75, 3.05) is 39.3 Å². The van der Waals surface area contributed by atoms with Gasteiger partial charge >= 0.3 is 0 Å². The molecule has 0 radical (unpaired) electrons. The standard InChI is InChI=1S/C17H33N3O/c1-2-8-19-9-11-20(12-10-19)16-4-3-7-17(13-16,14-21)18-15-5-6-15/h15-16,18,21H,2-14H2,1H3. The maximum absolute atomic E-state index is 9.96. The van der Waals surface area contributed by atoms with E-state index >= 15 is 0 Å². The second-order valence-electron chi connectivity index (χ2n) is 7.48. The van der Waals surface area contributed by atoms with Crippen LogP contribution in [0.15, 0.2) is 0 Å². The molecule has 4 heteroatoms. The lowest BCUT2D eigenvalue weighted by Crippen LogP contribution is -2.59. The van der Waals surface area contributed by atoms with Gasteiger partial charge in [-0.2, -0.15) is 0 Å². The van der Waals surface area contributed by atoms with Crippen LogP contribution in [-0.4, -0.2) is 71.9 Å². The average Bonchev–Trinajstić information content (AvgIpc) is 3.32. The summed E-state index contributed by atoms with van der Waals surface area (Å²) in [6.07, 6.45) is 8.77. The smallest absolute Gasteiger partial charge is 0.0613 e. The van der Waals surface area contributed by atoms with E-state index in [4.69, 9.17) is 0 Å². The summed E-state index contributed by atoms with van der Waals surface area (Å²) in [5.74, 6) is 0. The first-order valence-electron chi connectivity index (χ1n) is 9.10. The molecule has 0 bridgehead atoms. The Hall–Kier alpha value is -0.160. The van der Waals surface area contributed by atoms with E-state index < -0.39 is 0 Å². The Kier molecular flexibility index (Phi) is 5.20. The van der Waals surface area contributed by atoms with E-state index in [1.807, 2.05) is 0 Å². The highest BCUT2D eigenvalue weighted by Crippen LogP contribution is 2.34. The lowest BCUT2D eigenvalue weighted by molar-refractivity contribution is 0.0317. The van der Waals surface area contributed by atoms with Crippen molar-refractivity contribution in [3.05, 3.63) is 0 Å². The van der Waals surface area contributed by atoms with E-state index in [-0.39, 0.29) is 5.54 Å². The van der Waals surface area contributed by atoms with E-state index in [0.29, 0.717) is 18.7 Å². The van der Waals surface area contributed by atoms with E-state index in [0.717, 1.165) is 12.8 Å². The van der Waals surface area contributed by atoms with E-state index in [1.165, 1.54) is 64.8 Å². The van der Waals surface area contributed by atoms with Crippen LogP contribution in [0.2, 0.25) is 0 Å². The third-order valence-electron chi connectivity index (χ3n) is 5.67. The van der Waals surface area contributed by atoms with Gasteiger partial charge in [0.15, 0.2) is 0 Å². The number of nitrogens with zero attached hydrogens (tertiary/aromatic N) is 2. The molecule has 3 fully saturated rings. The summed E-state index contributed by atoms with van der Waals surface area (Å²) in [5.41, 5.74) is 0.0185. The Labute approximate surface area is 129 Å². The second-order valence-corrected chi connectivity index (χ2v) is 7.48. The van der Waals surface area contributed by atoms with E-state index in [2.05, 4.69) is 22.0 Å². The van der Waals surface area contributed by atoms with Gasteiger partial charge in [-0.05, 0) is 51.5 Å². The molecule has 1 heterocycles. The molecular formula is C17H33N3O. The largest absolute Gasteiger partial charge is 0.394 e. The highest BCUT2D eigenvalue weighted by molar-refractivity contribution is 5.01. The van der Waals surface area contributed by atoms with Gasteiger partial charge in [0.05, 0.1) is 6.61 Å². The molecule has 0 aromatic carbocycles. The van der Waals surface area contributed by atoms with Crippen LogP contribution in [0.1, 0.15) is 51.9 Å². The first-order valence-corrected chi connectivity index (χ1v) is 9.10. The normalized spacial score (nSPS) is 36.0. The Morgan fingerprint density at radius 2 is 1.90 bits per heavy atom. The van der Waals surface area contributed by atoms with Crippen LogP contribution < -0.4 is 5.32 Å². The number of rotatable bonds is 6. The summed E-state index contributed by atoms with van der Waals surface area (Å²) in [4.78, 5) is 5.30. The molecule has 21 heavy (non-hydrogen) atoms. The monoisotopic (exact) mass is 295 g/mol. The predicted molar refractivity (Wildman–Crippen MR) is 86.5 cm³/mol. The van der Waals surface area contributed by atoms with Crippen molar-refractivity contribution >= 4 is 0 Å². The summed E-state index contributed by atoms with van der Waals surface area (Å²) in [7, 11) is 0. The third-order valence-corrected chi connectivity index (χ3v) is 5.67. The minimum Gasteiger partial charge on any atom is -0.394 e. The minimum atomic E-state index is 0.0185. The van der Waals surface area contributed by atoms with Crippen molar-refractivity contribution in [2.45, 2.75) is 69.5 Å². The van der Waals surface area contributed by atoms with Crippen LogP contribution in [0.25, 0.3) is 0 Å². The van der Waals surface area contributed by atoms with Crippen molar-refractivity contribution in [2.24, 2.45) is 0 Å². The molecule has 2 N–H and O–H groups in total. The minimum absolute atomic E-state index is 0.0185. The molecule has 122 valence electrons. The van der Waals surface area contributed by atoms with Crippen LogP contribution in [0, 0.1) is 0 Å². The zero-order chi connectivity index (χ0) is 14.7. The Balaban J connectivity index is 1.53. The van der Waals surface area contributed by atoms with Crippen LogP contribution in [-0.2, 0) is 0 Å². The van der Waals surface area contributed by atoms with E-state index in [1.54, 1.807) is 0 Å². The molecule has 0 aromatic rings. The average molecular weight is 295 g/mol. The fraction of sp³-hybridized carbons (Fsp3) is 1.00. The number of hydrogen-bond acceptors (Lipinski definition) is 4. The maximum atomic E-state index is 9.96. The zero-order valence-electron chi connectivity index (χ0n) is 13.7. The summed E-state index contributed by atoms with van der Waals surface area (Å²) in [6.45, 7) is 8.73. The Bertz CT molecular complexity index is 326. The number of piperazine rings is 1. The van der Waals surface area contributed by atoms with Gasteiger partial charge in [0.25, 0.3) is 0 Å². The number of hydrogen-bond donors (Lipinski definition) is 2. The molecular weight excluding hydrogens is 262 g/mol. The topological polar surface area (TPSA) is 38.7 Å². The first-order chi connectivity index (χ1) is 10.2. The Morgan fingerprint density at radius 1 is 1.14 bits per heavy atom. The van der Waals surface area contributed by atoms with Crippen molar-refractivity contribution in [3.63, 3.8) is 0 Å². The van der Waals surface area contributed by atoms with Crippen LogP contribution in [0.5, 0.6) is 0 Å². The van der Waals surface area contributed by atoms with E-state index in [9.17, 15) is 5.11 Å². The molecule has 4 nitrogen and oxygen atoms in total. The molecule has 0 spiro atoms. The summed E-state index contributed by atoms with van der Waals surface area (Å²) in [6, 6.07) is 1.37. The van der Waals surface area contributed by atoms with Crippen LogP contribution in [0.3, 0.4) is 0 Å². The second kappa shape index (κ2) is 6.95. The lowest BCUT2D eigenvalue weighted by atomic mass is 9.78. The summed E-state index contributed by atoms with van der Waals surface area (Å²) < 4.78 is 0.